The Labute approximate surface area is 179 Å². The van der Waals surface area contributed by atoms with Crippen LogP contribution in [0, 0.1) is 0 Å². The second kappa shape index (κ2) is 10.3. The highest BCUT2D eigenvalue weighted by Crippen LogP contribution is 2.31. The van der Waals surface area contributed by atoms with E-state index in [9.17, 15) is 18.0 Å². The van der Waals surface area contributed by atoms with Crippen molar-refractivity contribution >= 4 is 28.8 Å². The van der Waals surface area contributed by atoms with Crippen LogP contribution in [-0.4, -0.2) is 29.5 Å². The Morgan fingerprint density at radius 3 is 2.58 bits per heavy atom. The quantitative estimate of drug-likeness (QED) is 0.503. The number of rotatable bonds is 5. The standard InChI is InChI=1S/C14H19F3N2.C9H8N2O/c1-2-6-11-7-8-12(14(15,16)17)18-13(11)19-9-4-3-5-10-19;12-6-11-8-2-1-7-3-4-10-9(7)5-8/h7-8H,2-6,9-10H2,1H3;1-6,10H,(H,11,12). The predicted octanol–water partition coefficient (Wildman–Crippen LogP) is 5.78. The molecule has 0 bridgehead atoms. The second-order valence-electron chi connectivity index (χ2n) is 7.52. The molecule has 0 atom stereocenters. The SMILES string of the molecule is CCCc1ccc(C(F)(F)F)nc1N1CCCCC1.O=CNc1ccc2cc[nH]c2c1. The van der Waals surface area contributed by atoms with Crippen LogP contribution in [-0.2, 0) is 17.4 Å². The molecule has 0 radical (unpaired) electrons. The van der Waals surface area contributed by atoms with Crippen molar-refractivity contribution in [1.82, 2.24) is 9.97 Å². The highest BCUT2D eigenvalue weighted by molar-refractivity contribution is 5.85. The normalized spacial score (nSPS) is 14.1. The molecular weight excluding hydrogens is 405 g/mol. The third-order valence-electron chi connectivity index (χ3n) is 5.20. The van der Waals surface area contributed by atoms with Crippen molar-refractivity contribution in [3.05, 3.63) is 53.9 Å². The number of halogens is 3. The molecule has 0 spiro atoms. The van der Waals surface area contributed by atoms with Crippen molar-refractivity contribution in [3.8, 4) is 0 Å². The van der Waals surface area contributed by atoms with E-state index >= 15 is 0 Å². The summed E-state index contributed by atoms with van der Waals surface area (Å²) < 4.78 is 38.3. The minimum Gasteiger partial charge on any atom is -0.361 e. The first-order chi connectivity index (χ1) is 14.9. The first kappa shape index (κ1) is 22.7. The molecule has 3 heterocycles. The van der Waals surface area contributed by atoms with Crippen LogP contribution in [0.2, 0.25) is 0 Å². The molecule has 0 unspecified atom stereocenters. The average Bonchev–Trinajstić information content (AvgIpc) is 3.23. The van der Waals surface area contributed by atoms with Gasteiger partial charge in [-0.15, -0.1) is 0 Å². The topological polar surface area (TPSA) is 61.0 Å². The van der Waals surface area contributed by atoms with E-state index in [1.54, 1.807) is 6.07 Å². The number of aryl methyl sites for hydroxylation is 1. The zero-order valence-corrected chi connectivity index (χ0v) is 17.5. The molecule has 5 nitrogen and oxygen atoms in total. The number of anilines is 2. The Kier molecular flexibility index (Phi) is 7.55. The molecule has 2 aromatic heterocycles. The van der Waals surface area contributed by atoms with Crippen molar-refractivity contribution in [2.75, 3.05) is 23.3 Å². The number of hydrogen-bond acceptors (Lipinski definition) is 3. The van der Waals surface area contributed by atoms with Crippen LogP contribution in [0.25, 0.3) is 10.9 Å². The van der Waals surface area contributed by atoms with Gasteiger partial charge in [-0.1, -0.05) is 25.5 Å². The van der Waals surface area contributed by atoms with Gasteiger partial charge in [-0.2, -0.15) is 13.2 Å². The molecule has 1 aliphatic heterocycles. The fourth-order valence-electron chi connectivity index (χ4n) is 3.68. The summed E-state index contributed by atoms with van der Waals surface area (Å²) >= 11 is 0. The zero-order chi connectivity index (χ0) is 22.3. The average molecular weight is 432 g/mol. The number of carbonyl (C=O) groups is 1. The van der Waals surface area contributed by atoms with Gasteiger partial charge in [0.1, 0.15) is 11.5 Å². The Hall–Kier alpha value is -3.03. The van der Waals surface area contributed by atoms with Crippen molar-refractivity contribution in [1.29, 1.82) is 0 Å². The van der Waals surface area contributed by atoms with Gasteiger partial charge in [-0.05, 0) is 60.9 Å². The highest BCUT2D eigenvalue weighted by atomic mass is 19.4. The number of piperidine rings is 1. The van der Waals surface area contributed by atoms with Gasteiger partial charge in [0.15, 0.2) is 0 Å². The Balaban J connectivity index is 0.000000194. The van der Waals surface area contributed by atoms with Gasteiger partial charge >= 0.3 is 6.18 Å². The lowest BCUT2D eigenvalue weighted by Crippen LogP contribution is -2.31. The van der Waals surface area contributed by atoms with E-state index in [2.05, 4.69) is 15.3 Å². The minimum absolute atomic E-state index is 0.538. The van der Waals surface area contributed by atoms with E-state index < -0.39 is 11.9 Å². The van der Waals surface area contributed by atoms with Gasteiger partial charge in [-0.25, -0.2) is 4.98 Å². The third-order valence-corrected chi connectivity index (χ3v) is 5.20. The molecular formula is C23H27F3N4O. The molecule has 1 saturated heterocycles. The lowest BCUT2D eigenvalue weighted by Gasteiger charge is -2.30. The lowest BCUT2D eigenvalue weighted by molar-refractivity contribution is -0.141. The number of H-pyrrole nitrogens is 1. The first-order valence-corrected chi connectivity index (χ1v) is 10.5. The zero-order valence-electron chi connectivity index (χ0n) is 17.5. The third kappa shape index (κ3) is 5.99. The maximum absolute atomic E-state index is 12.8. The highest BCUT2D eigenvalue weighted by Gasteiger charge is 2.33. The van der Waals surface area contributed by atoms with Crippen LogP contribution in [0.5, 0.6) is 0 Å². The van der Waals surface area contributed by atoms with E-state index in [4.69, 9.17) is 0 Å². The molecule has 166 valence electrons. The number of fused-ring (bicyclic) bond motifs is 1. The number of nitrogens with zero attached hydrogens (tertiary/aromatic N) is 2. The molecule has 31 heavy (non-hydrogen) atoms. The summed E-state index contributed by atoms with van der Waals surface area (Å²) in [5, 5.41) is 3.73. The number of alkyl halides is 3. The van der Waals surface area contributed by atoms with Crippen LogP contribution in [0.3, 0.4) is 0 Å². The van der Waals surface area contributed by atoms with Crippen molar-refractivity contribution in [3.63, 3.8) is 0 Å². The van der Waals surface area contributed by atoms with Crippen LogP contribution in [0.15, 0.2) is 42.6 Å². The summed E-state index contributed by atoms with van der Waals surface area (Å²) in [6.07, 6.45) is 3.07. The number of pyridine rings is 1. The summed E-state index contributed by atoms with van der Waals surface area (Å²) in [6.45, 7) is 3.65. The Morgan fingerprint density at radius 2 is 1.90 bits per heavy atom. The summed E-state index contributed by atoms with van der Waals surface area (Å²) in [4.78, 5) is 19.1. The number of hydrogen-bond donors (Lipinski definition) is 2. The first-order valence-electron chi connectivity index (χ1n) is 10.5. The number of nitrogens with one attached hydrogen (secondary N) is 2. The fraction of sp³-hybridized carbons (Fsp3) is 0.391. The molecule has 3 aromatic rings. The van der Waals surface area contributed by atoms with E-state index in [0.717, 1.165) is 73.4 Å². The molecule has 0 saturated carbocycles. The van der Waals surface area contributed by atoms with Gasteiger partial charge in [0.2, 0.25) is 6.41 Å². The van der Waals surface area contributed by atoms with Crippen molar-refractivity contribution in [2.45, 2.75) is 45.2 Å². The molecule has 2 N–H and O–H groups in total. The smallest absolute Gasteiger partial charge is 0.361 e. The maximum atomic E-state index is 12.8. The van der Waals surface area contributed by atoms with Crippen molar-refractivity contribution < 1.29 is 18.0 Å². The predicted molar refractivity (Wildman–Crippen MR) is 117 cm³/mol. The molecule has 1 amide bonds. The van der Waals surface area contributed by atoms with Crippen LogP contribution in [0.4, 0.5) is 24.7 Å². The molecule has 8 heteroatoms. The largest absolute Gasteiger partial charge is 0.433 e. The summed E-state index contributed by atoms with van der Waals surface area (Å²) in [6, 6.07) is 10.4. The Bertz CT molecular complexity index is 994. The lowest BCUT2D eigenvalue weighted by atomic mass is 10.1. The van der Waals surface area contributed by atoms with E-state index in [1.165, 1.54) is 0 Å². The summed E-state index contributed by atoms with van der Waals surface area (Å²) in [5.74, 6) is 0.538. The fourth-order valence-corrected chi connectivity index (χ4v) is 3.68. The number of carbonyl (C=O) groups excluding carboxylic acids is 1. The number of aromatic nitrogens is 2. The number of amides is 1. The maximum Gasteiger partial charge on any atom is 0.433 e. The summed E-state index contributed by atoms with van der Waals surface area (Å²) in [5.41, 5.74) is 1.98. The Morgan fingerprint density at radius 1 is 1.13 bits per heavy atom. The second-order valence-corrected chi connectivity index (χ2v) is 7.52. The van der Waals surface area contributed by atoms with Crippen LogP contribution < -0.4 is 10.2 Å². The molecule has 0 aliphatic carbocycles. The monoisotopic (exact) mass is 432 g/mol. The molecule has 1 aromatic carbocycles. The van der Waals surface area contributed by atoms with Gasteiger partial charge in [0.05, 0.1) is 0 Å². The number of aromatic amines is 1. The van der Waals surface area contributed by atoms with Gasteiger partial charge in [0.25, 0.3) is 0 Å². The van der Waals surface area contributed by atoms with E-state index in [0.29, 0.717) is 12.2 Å². The summed E-state index contributed by atoms with van der Waals surface area (Å²) in [7, 11) is 0. The molecule has 1 fully saturated rings. The number of benzene rings is 1. The van der Waals surface area contributed by atoms with Crippen molar-refractivity contribution in [2.24, 2.45) is 0 Å². The van der Waals surface area contributed by atoms with Gasteiger partial charge < -0.3 is 15.2 Å². The van der Waals surface area contributed by atoms with Crippen LogP contribution >= 0.6 is 0 Å². The van der Waals surface area contributed by atoms with Gasteiger partial charge in [-0.3, -0.25) is 4.79 Å². The van der Waals surface area contributed by atoms with E-state index in [-0.39, 0.29) is 0 Å². The van der Waals surface area contributed by atoms with E-state index in [1.807, 2.05) is 42.3 Å². The molecule has 4 rings (SSSR count). The minimum atomic E-state index is -4.37. The van der Waals surface area contributed by atoms with Gasteiger partial charge in [0, 0.05) is 30.5 Å². The molecule has 1 aliphatic rings. The van der Waals surface area contributed by atoms with Crippen LogP contribution in [0.1, 0.15) is 43.9 Å².